The predicted octanol–water partition coefficient (Wildman–Crippen LogP) is 1.17. The van der Waals surface area contributed by atoms with Gasteiger partial charge in [-0.1, -0.05) is 22.6 Å². The minimum Gasteiger partial charge on any atom is -0.486 e. The van der Waals surface area contributed by atoms with Gasteiger partial charge in [0.05, 0.1) is 4.90 Å². The van der Waals surface area contributed by atoms with Crippen molar-refractivity contribution in [3.8, 4) is 11.5 Å². The lowest BCUT2D eigenvalue weighted by Gasteiger charge is -2.18. The molecule has 1 aliphatic heterocycles. The summed E-state index contributed by atoms with van der Waals surface area (Å²) in [6.07, 6.45) is 0. The first-order chi connectivity index (χ1) is 8.13. The third-order valence-corrected chi connectivity index (χ3v) is 4.21. The Labute approximate surface area is 114 Å². The number of alkyl halides is 1. The minimum absolute atomic E-state index is 0.201. The van der Waals surface area contributed by atoms with E-state index < -0.39 is 10.0 Å². The summed E-state index contributed by atoms with van der Waals surface area (Å²) in [4.78, 5) is 0.201. The smallest absolute Gasteiger partial charge is 0.240 e. The molecule has 2 rings (SSSR count). The molecule has 0 unspecified atom stereocenters. The fourth-order valence-corrected chi connectivity index (χ4v) is 3.13. The van der Waals surface area contributed by atoms with Gasteiger partial charge in [0.1, 0.15) is 13.2 Å². The van der Waals surface area contributed by atoms with Gasteiger partial charge >= 0.3 is 0 Å². The summed E-state index contributed by atoms with van der Waals surface area (Å²) in [7, 11) is -3.45. The van der Waals surface area contributed by atoms with Crippen LogP contribution in [0.3, 0.4) is 0 Å². The SMILES string of the molecule is O=S(=O)(NCCI)c1ccc2c(c1)OCCO2. The van der Waals surface area contributed by atoms with Crippen LogP contribution in [0.1, 0.15) is 0 Å². The molecule has 1 aromatic rings. The lowest BCUT2D eigenvalue weighted by molar-refractivity contribution is 0.171. The Balaban J connectivity index is 2.27. The van der Waals surface area contributed by atoms with Crippen molar-refractivity contribution in [1.82, 2.24) is 4.72 Å². The van der Waals surface area contributed by atoms with Gasteiger partial charge < -0.3 is 9.47 Å². The van der Waals surface area contributed by atoms with Crippen LogP contribution in [0.4, 0.5) is 0 Å². The molecule has 0 saturated carbocycles. The molecule has 0 amide bonds. The number of benzene rings is 1. The summed E-state index contributed by atoms with van der Waals surface area (Å²) in [6.45, 7) is 1.35. The molecule has 0 fully saturated rings. The van der Waals surface area contributed by atoms with E-state index in [0.29, 0.717) is 31.3 Å². The number of sulfonamides is 1. The van der Waals surface area contributed by atoms with Crippen LogP contribution in [-0.4, -0.2) is 32.6 Å². The van der Waals surface area contributed by atoms with Crippen molar-refractivity contribution in [2.75, 3.05) is 24.2 Å². The molecule has 1 N–H and O–H groups in total. The zero-order valence-corrected chi connectivity index (χ0v) is 12.0. The van der Waals surface area contributed by atoms with Crippen LogP contribution in [0.5, 0.6) is 11.5 Å². The van der Waals surface area contributed by atoms with Gasteiger partial charge in [-0.3, -0.25) is 0 Å². The molecule has 0 bridgehead atoms. The second-order valence-electron chi connectivity index (χ2n) is 3.39. The van der Waals surface area contributed by atoms with Crippen molar-refractivity contribution in [3.63, 3.8) is 0 Å². The first-order valence-corrected chi connectivity index (χ1v) is 8.09. The highest BCUT2D eigenvalue weighted by atomic mass is 127. The maximum atomic E-state index is 11.9. The molecule has 0 atom stereocenters. The maximum Gasteiger partial charge on any atom is 0.240 e. The first kappa shape index (κ1) is 12.9. The van der Waals surface area contributed by atoms with E-state index in [9.17, 15) is 8.42 Å². The Morgan fingerprint density at radius 2 is 1.94 bits per heavy atom. The molecule has 1 aliphatic rings. The lowest BCUT2D eigenvalue weighted by atomic mass is 10.3. The highest BCUT2D eigenvalue weighted by Crippen LogP contribution is 2.32. The lowest BCUT2D eigenvalue weighted by Crippen LogP contribution is -2.25. The van der Waals surface area contributed by atoms with Gasteiger partial charge in [-0.15, -0.1) is 0 Å². The van der Waals surface area contributed by atoms with E-state index in [1.807, 2.05) is 0 Å². The number of nitrogens with one attached hydrogen (secondary N) is 1. The van der Waals surface area contributed by atoms with E-state index in [2.05, 4.69) is 27.3 Å². The van der Waals surface area contributed by atoms with Crippen LogP contribution in [-0.2, 0) is 10.0 Å². The van der Waals surface area contributed by atoms with Gasteiger partial charge in [0.25, 0.3) is 0 Å². The number of ether oxygens (including phenoxy) is 2. The number of fused-ring (bicyclic) bond motifs is 1. The van der Waals surface area contributed by atoms with E-state index >= 15 is 0 Å². The predicted molar refractivity (Wildman–Crippen MR) is 71.5 cm³/mol. The Bertz CT molecular complexity index is 503. The zero-order valence-electron chi connectivity index (χ0n) is 8.98. The van der Waals surface area contributed by atoms with Crippen LogP contribution in [0, 0.1) is 0 Å². The molecule has 0 saturated heterocycles. The van der Waals surface area contributed by atoms with Gasteiger partial charge in [-0.2, -0.15) is 0 Å². The highest BCUT2D eigenvalue weighted by molar-refractivity contribution is 14.1. The zero-order chi connectivity index (χ0) is 12.3. The molecule has 1 heterocycles. The number of rotatable bonds is 4. The van der Waals surface area contributed by atoms with Gasteiger partial charge in [0.15, 0.2) is 11.5 Å². The highest BCUT2D eigenvalue weighted by Gasteiger charge is 2.18. The van der Waals surface area contributed by atoms with Crippen molar-refractivity contribution in [2.24, 2.45) is 0 Å². The van der Waals surface area contributed by atoms with Crippen molar-refractivity contribution < 1.29 is 17.9 Å². The Kier molecular flexibility index (Phi) is 4.10. The summed E-state index contributed by atoms with van der Waals surface area (Å²) < 4.78 is 37.6. The number of hydrogen-bond donors (Lipinski definition) is 1. The average Bonchev–Trinajstić information content (AvgIpc) is 2.36. The Morgan fingerprint density at radius 3 is 2.65 bits per heavy atom. The molecule has 7 heteroatoms. The normalized spacial score (nSPS) is 14.6. The largest absolute Gasteiger partial charge is 0.486 e. The Morgan fingerprint density at radius 1 is 1.24 bits per heavy atom. The van der Waals surface area contributed by atoms with Crippen molar-refractivity contribution in [3.05, 3.63) is 18.2 Å². The minimum atomic E-state index is -3.45. The van der Waals surface area contributed by atoms with Gasteiger partial charge in [0, 0.05) is 17.0 Å². The first-order valence-electron chi connectivity index (χ1n) is 5.09. The maximum absolute atomic E-state index is 11.9. The summed E-state index contributed by atoms with van der Waals surface area (Å²) >= 11 is 2.11. The second-order valence-corrected chi connectivity index (χ2v) is 6.24. The monoisotopic (exact) mass is 369 g/mol. The van der Waals surface area contributed by atoms with Crippen molar-refractivity contribution in [1.29, 1.82) is 0 Å². The summed E-state index contributed by atoms with van der Waals surface area (Å²) in [5.74, 6) is 1.07. The van der Waals surface area contributed by atoms with E-state index in [-0.39, 0.29) is 4.90 Å². The molecular weight excluding hydrogens is 357 g/mol. The summed E-state index contributed by atoms with van der Waals surface area (Å²) in [5.41, 5.74) is 0. The number of halogens is 1. The molecule has 5 nitrogen and oxygen atoms in total. The van der Waals surface area contributed by atoms with E-state index in [1.165, 1.54) is 12.1 Å². The van der Waals surface area contributed by atoms with Crippen LogP contribution in [0.15, 0.2) is 23.1 Å². The quantitative estimate of drug-likeness (QED) is 0.640. The molecule has 17 heavy (non-hydrogen) atoms. The van der Waals surface area contributed by atoms with Crippen LogP contribution in [0.2, 0.25) is 0 Å². The third kappa shape index (κ3) is 3.02. The standard InChI is InChI=1S/C10H12INO4S/c11-3-4-12-17(13,14)8-1-2-9-10(7-8)16-6-5-15-9/h1-2,7,12H,3-6H2. The molecule has 0 aliphatic carbocycles. The van der Waals surface area contributed by atoms with Gasteiger partial charge in [-0.05, 0) is 12.1 Å². The fraction of sp³-hybridized carbons (Fsp3) is 0.400. The molecule has 1 aromatic carbocycles. The number of hydrogen-bond acceptors (Lipinski definition) is 4. The van der Waals surface area contributed by atoms with Crippen molar-refractivity contribution >= 4 is 32.6 Å². The third-order valence-electron chi connectivity index (χ3n) is 2.21. The average molecular weight is 369 g/mol. The van der Waals surface area contributed by atoms with Crippen LogP contribution in [0.25, 0.3) is 0 Å². The second kappa shape index (κ2) is 5.40. The molecular formula is C10H12INO4S. The van der Waals surface area contributed by atoms with Crippen LogP contribution >= 0.6 is 22.6 Å². The molecule has 0 radical (unpaired) electrons. The van der Waals surface area contributed by atoms with Gasteiger partial charge in [0.2, 0.25) is 10.0 Å². The van der Waals surface area contributed by atoms with E-state index in [0.717, 1.165) is 4.43 Å². The molecule has 0 spiro atoms. The molecule has 94 valence electrons. The summed E-state index contributed by atoms with van der Waals surface area (Å²) in [6, 6.07) is 4.63. The molecule has 0 aromatic heterocycles. The van der Waals surface area contributed by atoms with E-state index in [1.54, 1.807) is 6.07 Å². The summed E-state index contributed by atoms with van der Waals surface area (Å²) in [5, 5.41) is 0. The fourth-order valence-electron chi connectivity index (χ4n) is 1.45. The topological polar surface area (TPSA) is 64.6 Å². The van der Waals surface area contributed by atoms with Crippen molar-refractivity contribution in [2.45, 2.75) is 4.90 Å². The van der Waals surface area contributed by atoms with Crippen LogP contribution < -0.4 is 14.2 Å². The van der Waals surface area contributed by atoms with Gasteiger partial charge in [-0.25, -0.2) is 13.1 Å². The van der Waals surface area contributed by atoms with E-state index in [4.69, 9.17) is 9.47 Å². The Hall–Kier alpha value is -0.540.